The third-order valence-corrected chi connectivity index (χ3v) is 7.72. The van der Waals surface area contributed by atoms with Crippen LogP contribution in [0.4, 0.5) is 10.1 Å². The second kappa shape index (κ2) is 9.14. The molecule has 7 heteroatoms. The summed E-state index contributed by atoms with van der Waals surface area (Å²) in [6.07, 6.45) is 2.47. The van der Waals surface area contributed by atoms with Gasteiger partial charge in [0.2, 0.25) is 11.8 Å². The Kier molecular flexibility index (Phi) is 6.35. The predicted octanol–water partition coefficient (Wildman–Crippen LogP) is 5.36. The van der Waals surface area contributed by atoms with Crippen molar-refractivity contribution in [3.63, 3.8) is 0 Å². The second-order valence-corrected chi connectivity index (χ2v) is 11.9. The van der Waals surface area contributed by atoms with Crippen LogP contribution in [-0.2, 0) is 28.6 Å². The Balaban J connectivity index is 1.41. The number of aliphatic hydroxyl groups excluding tert-OH is 2. The first-order valence-corrected chi connectivity index (χ1v) is 13.2. The lowest BCUT2D eigenvalue weighted by molar-refractivity contribution is -0.118. The number of hydrogen-bond acceptors (Lipinski definition) is 4. The number of hydrogen-bond donors (Lipinski definition) is 3. The van der Waals surface area contributed by atoms with E-state index < -0.39 is 17.4 Å². The van der Waals surface area contributed by atoms with Crippen molar-refractivity contribution in [1.82, 2.24) is 4.57 Å². The first-order valence-electron chi connectivity index (χ1n) is 13.2. The number of nitrogens with one attached hydrogen (secondary N) is 1. The molecule has 2 unspecified atom stereocenters. The van der Waals surface area contributed by atoms with Crippen molar-refractivity contribution in [2.75, 3.05) is 11.9 Å². The molecular formula is C30H37FN2O4. The van der Waals surface area contributed by atoms with Gasteiger partial charge in [-0.3, -0.25) is 4.79 Å². The van der Waals surface area contributed by atoms with Gasteiger partial charge >= 0.3 is 0 Å². The lowest BCUT2D eigenvalue weighted by Gasteiger charge is -2.23. The molecule has 2 atom stereocenters. The Hall–Kier alpha value is -2.90. The van der Waals surface area contributed by atoms with E-state index in [0.717, 1.165) is 52.7 Å². The molecule has 1 aliphatic carbocycles. The number of carbonyl (C=O) groups is 1. The van der Waals surface area contributed by atoms with E-state index in [2.05, 4.69) is 32.2 Å². The zero-order chi connectivity index (χ0) is 26.6. The monoisotopic (exact) mass is 508 g/mol. The molecule has 3 aromatic rings. The number of halogens is 1. The van der Waals surface area contributed by atoms with Gasteiger partial charge in [0.1, 0.15) is 5.75 Å². The molecule has 3 N–H and O–H groups in total. The fourth-order valence-corrected chi connectivity index (χ4v) is 5.50. The summed E-state index contributed by atoms with van der Waals surface area (Å²) in [4.78, 5) is 13.5. The van der Waals surface area contributed by atoms with Crippen LogP contribution in [-0.4, -0.2) is 39.3 Å². The average Bonchev–Trinajstić information content (AvgIpc) is 3.58. The second-order valence-electron chi connectivity index (χ2n) is 11.9. The van der Waals surface area contributed by atoms with Gasteiger partial charge in [-0.25, -0.2) is 0 Å². The van der Waals surface area contributed by atoms with Crippen LogP contribution in [0.3, 0.4) is 0 Å². The van der Waals surface area contributed by atoms with Crippen LogP contribution in [0.15, 0.2) is 42.5 Å². The quantitative estimate of drug-likeness (QED) is 0.418. The molecular weight excluding hydrogens is 471 g/mol. The summed E-state index contributed by atoms with van der Waals surface area (Å²) in [6.45, 7) is 7.80. The van der Waals surface area contributed by atoms with Crippen molar-refractivity contribution in [2.24, 2.45) is 0 Å². The van der Waals surface area contributed by atoms with Crippen LogP contribution in [0.25, 0.3) is 10.9 Å². The molecule has 0 bridgehead atoms. The maximum absolute atomic E-state index is 14.5. The van der Waals surface area contributed by atoms with Gasteiger partial charge in [0.05, 0.1) is 24.7 Å². The number of ether oxygens (including phenoxy) is 1. The van der Waals surface area contributed by atoms with Crippen molar-refractivity contribution >= 4 is 22.5 Å². The summed E-state index contributed by atoms with van der Waals surface area (Å²) in [5.74, 6) is -1.14. The van der Waals surface area contributed by atoms with Crippen molar-refractivity contribution in [3.05, 3.63) is 59.3 Å². The first-order chi connectivity index (χ1) is 17.4. The number of aryl methyl sites for hydroxylation is 1. The zero-order valence-corrected chi connectivity index (χ0v) is 22.1. The van der Waals surface area contributed by atoms with Gasteiger partial charge in [0.15, 0.2) is 0 Å². The first kappa shape index (κ1) is 25.7. The Labute approximate surface area is 217 Å². The zero-order valence-electron chi connectivity index (χ0n) is 22.1. The van der Waals surface area contributed by atoms with E-state index in [1.165, 1.54) is 6.92 Å². The van der Waals surface area contributed by atoms with E-state index in [1.807, 2.05) is 41.0 Å². The van der Waals surface area contributed by atoms with Crippen LogP contribution in [0, 0.1) is 0 Å². The normalized spacial score (nSPS) is 21.6. The maximum Gasteiger partial charge on any atom is 0.245 e. The van der Waals surface area contributed by atoms with Gasteiger partial charge in [-0.2, -0.15) is 4.39 Å². The number of anilines is 1. The van der Waals surface area contributed by atoms with E-state index in [0.29, 0.717) is 25.1 Å². The summed E-state index contributed by atoms with van der Waals surface area (Å²) in [5, 5.41) is 23.6. The highest BCUT2D eigenvalue weighted by Crippen LogP contribution is 2.50. The van der Waals surface area contributed by atoms with Crippen molar-refractivity contribution in [2.45, 2.75) is 89.1 Å². The molecule has 37 heavy (non-hydrogen) atoms. The van der Waals surface area contributed by atoms with E-state index in [9.17, 15) is 19.4 Å². The molecule has 1 saturated carbocycles. The molecule has 1 fully saturated rings. The third-order valence-electron chi connectivity index (χ3n) is 7.72. The number of benzene rings is 2. The summed E-state index contributed by atoms with van der Waals surface area (Å²) in [7, 11) is 0. The highest BCUT2D eigenvalue weighted by molar-refractivity contribution is 6.02. The molecule has 198 valence electrons. The van der Waals surface area contributed by atoms with Gasteiger partial charge in [-0.1, -0.05) is 32.9 Å². The summed E-state index contributed by atoms with van der Waals surface area (Å²) in [6, 6.07) is 13.6. The number of carbonyl (C=O) groups excluding carboxylic acids is 1. The maximum atomic E-state index is 14.5. The topological polar surface area (TPSA) is 83.7 Å². The minimum absolute atomic E-state index is 0.0390. The molecule has 1 amide bonds. The van der Waals surface area contributed by atoms with E-state index in [1.54, 1.807) is 0 Å². The largest absolute Gasteiger partial charge is 0.458 e. The number of aliphatic hydroxyl groups is 2. The van der Waals surface area contributed by atoms with Crippen LogP contribution in [0.5, 0.6) is 5.75 Å². The van der Waals surface area contributed by atoms with Crippen molar-refractivity contribution in [3.8, 4) is 5.75 Å². The lowest BCUT2D eigenvalue weighted by atomic mass is 9.91. The third kappa shape index (κ3) is 4.99. The number of alkyl halides is 1. The molecule has 1 aliphatic heterocycles. The van der Waals surface area contributed by atoms with Gasteiger partial charge < -0.3 is 24.8 Å². The number of nitrogens with zero attached hydrogens (tertiary/aromatic N) is 1. The summed E-state index contributed by atoms with van der Waals surface area (Å²) in [5.41, 5.74) is 3.88. The molecule has 5 rings (SSSR count). The van der Waals surface area contributed by atoms with Crippen LogP contribution < -0.4 is 10.1 Å². The molecule has 6 nitrogen and oxygen atoms in total. The Bertz CT molecular complexity index is 1330. The fourth-order valence-electron chi connectivity index (χ4n) is 5.50. The van der Waals surface area contributed by atoms with Crippen LogP contribution in [0.2, 0.25) is 0 Å². The number of rotatable bonds is 6. The Morgan fingerprint density at radius 3 is 2.59 bits per heavy atom. The number of amides is 1. The predicted molar refractivity (Wildman–Crippen MR) is 143 cm³/mol. The van der Waals surface area contributed by atoms with Crippen molar-refractivity contribution in [1.29, 1.82) is 0 Å². The van der Waals surface area contributed by atoms with Crippen LogP contribution in [0.1, 0.15) is 70.2 Å². The van der Waals surface area contributed by atoms with Gasteiger partial charge in [-0.05, 0) is 67.1 Å². The minimum Gasteiger partial charge on any atom is -0.458 e. The molecule has 2 heterocycles. The molecule has 0 saturated heterocycles. The number of aromatic nitrogens is 1. The van der Waals surface area contributed by atoms with Crippen molar-refractivity contribution < 1.29 is 24.1 Å². The summed E-state index contributed by atoms with van der Waals surface area (Å²) >= 11 is 0. The van der Waals surface area contributed by atoms with Gasteiger partial charge in [0.25, 0.3) is 0 Å². The van der Waals surface area contributed by atoms with E-state index in [-0.39, 0.29) is 17.9 Å². The highest BCUT2D eigenvalue weighted by Gasteiger charge is 2.51. The smallest absolute Gasteiger partial charge is 0.245 e. The van der Waals surface area contributed by atoms with Gasteiger partial charge in [0, 0.05) is 41.0 Å². The molecule has 0 spiro atoms. The Morgan fingerprint density at radius 1 is 1.16 bits per heavy atom. The molecule has 2 aromatic carbocycles. The molecule has 2 aliphatic rings. The van der Waals surface area contributed by atoms with E-state index >= 15 is 0 Å². The lowest BCUT2D eigenvalue weighted by Crippen LogP contribution is -2.28. The summed E-state index contributed by atoms with van der Waals surface area (Å²) < 4.78 is 22.1. The van der Waals surface area contributed by atoms with E-state index in [4.69, 9.17) is 4.74 Å². The average molecular weight is 509 g/mol. The van der Waals surface area contributed by atoms with Gasteiger partial charge in [-0.15, -0.1) is 0 Å². The Morgan fingerprint density at radius 2 is 1.92 bits per heavy atom. The minimum atomic E-state index is -1.66. The fraction of sp³-hybridized carbons (Fsp3) is 0.500. The highest BCUT2D eigenvalue weighted by atomic mass is 19.2. The SMILES string of the molecule is CC1(F)CCCc2cc(C3(C(=O)Nc4ccc5c(c4)cc(C(C)(C)C)n5CC(O)CO)CC3)ccc2O1. The standard InChI is InChI=1S/C30H37FN2O4/c1-28(2,3)26-16-20-15-22(8-9-24(20)33(26)17-23(35)18-34)32-27(36)30(12-13-30)21-7-10-25-19(14-21)6-5-11-29(4,31)37-25/h7-10,14-16,23,34-35H,5-6,11-13,17-18H2,1-4H3,(H,32,36). The molecule has 0 radical (unpaired) electrons. The van der Waals surface area contributed by atoms with Crippen LogP contribution >= 0.6 is 0 Å². The molecule has 1 aromatic heterocycles. The number of fused-ring (bicyclic) bond motifs is 2.